The van der Waals surface area contributed by atoms with Crippen LogP contribution in [0, 0.1) is 5.41 Å². The fraction of sp³-hybridized carbons (Fsp3) is 0.333. The van der Waals surface area contributed by atoms with Gasteiger partial charge in [0.1, 0.15) is 0 Å². The third kappa shape index (κ3) is 2.62. The first-order valence-electron chi connectivity index (χ1n) is 7.16. The van der Waals surface area contributed by atoms with Crippen LogP contribution in [0.4, 0.5) is 0 Å². The molecule has 2 nitrogen and oxygen atoms in total. The lowest BCUT2D eigenvalue weighted by atomic mass is 9.72. The van der Waals surface area contributed by atoms with Crippen molar-refractivity contribution < 1.29 is 4.79 Å². The summed E-state index contributed by atoms with van der Waals surface area (Å²) in [7, 11) is 0. The highest BCUT2D eigenvalue weighted by molar-refractivity contribution is 7.98. The average molecular weight is 297 g/mol. The molecular weight excluding hydrogens is 278 g/mol. The summed E-state index contributed by atoms with van der Waals surface area (Å²) >= 11 is 1.65. The summed E-state index contributed by atoms with van der Waals surface area (Å²) in [4.78, 5) is 18.2. The van der Waals surface area contributed by atoms with Crippen molar-refractivity contribution in [2.75, 3.05) is 6.26 Å². The van der Waals surface area contributed by atoms with Gasteiger partial charge in [-0.15, -0.1) is 11.8 Å². The minimum atomic E-state index is 0.0185. The number of nitrogens with zero attached hydrogens (tertiary/aromatic N) is 1. The zero-order chi connectivity index (χ0) is 15.0. The van der Waals surface area contributed by atoms with E-state index in [1.54, 1.807) is 18.0 Å². The summed E-state index contributed by atoms with van der Waals surface area (Å²) in [6.07, 6.45) is 5.39. The topological polar surface area (TPSA) is 30.0 Å². The highest BCUT2D eigenvalue weighted by Gasteiger charge is 2.34. The van der Waals surface area contributed by atoms with Gasteiger partial charge in [-0.1, -0.05) is 26.0 Å². The van der Waals surface area contributed by atoms with Gasteiger partial charge in [0, 0.05) is 28.6 Å². The molecule has 0 aliphatic heterocycles. The summed E-state index contributed by atoms with van der Waals surface area (Å²) in [6, 6.07) is 10.1. The number of fused-ring (bicyclic) bond motifs is 1. The van der Waals surface area contributed by atoms with Gasteiger partial charge in [0.15, 0.2) is 5.78 Å². The lowest BCUT2D eigenvalue weighted by Gasteiger charge is -2.32. The van der Waals surface area contributed by atoms with Crippen LogP contribution in [0.5, 0.6) is 0 Å². The molecule has 0 unspecified atom stereocenters. The summed E-state index contributed by atoms with van der Waals surface area (Å²) in [5.41, 5.74) is 4.16. The molecule has 0 bridgehead atoms. The Morgan fingerprint density at radius 3 is 2.62 bits per heavy atom. The van der Waals surface area contributed by atoms with E-state index in [0.717, 1.165) is 28.1 Å². The summed E-state index contributed by atoms with van der Waals surface area (Å²) in [6.45, 7) is 4.34. The number of carbonyl (C=O) groups excluding carboxylic acids is 1. The molecule has 1 aliphatic rings. The highest BCUT2D eigenvalue weighted by atomic mass is 32.2. The first-order valence-corrected chi connectivity index (χ1v) is 8.39. The second-order valence-electron chi connectivity index (χ2n) is 6.32. The Hall–Kier alpha value is -1.61. The molecule has 1 heterocycles. The van der Waals surface area contributed by atoms with E-state index in [1.807, 2.05) is 24.5 Å². The highest BCUT2D eigenvalue weighted by Crippen LogP contribution is 2.42. The number of aromatic nitrogens is 1. The van der Waals surface area contributed by atoms with Gasteiger partial charge in [-0.25, -0.2) is 0 Å². The minimum absolute atomic E-state index is 0.0185. The van der Waals surface area contributed by atoms with Crippen molar-refractivity contribution in [1.82, 2.24) is 4.98 Å². The number of benzene rings is 1. The zero-order valence-corrected chi connectivity index (χ0v) is 13.5. The van der Waals surface area contributed by atoms with Gasteiger partial charge in [-0.2, -0.15) is 0 Å². The van der Waals surface area contributed by atoms with Crippen LogP contribution >= 0.6 is 11.8 Å². The second kappa shape index (κ2) is 5.30. The smallest absolute Gasteiger partial charge is 0.164 e. The molecule has 0 fully saturated rings. The molecule has 3 rings (SSSR count). The van der Waals surface area contributed by atoms with Crippen LogP contribution < -0.4 is 0 Å². The van der Waals surface area contributed by atoms with Crippen molar-refractivity contribution in [3.63, 3.8) is 0 Å². The Labute approximate surface area is 130 Å². The van der Waals surface area contributed by atoms with Crippen molar-refractivity contribution in [3.8, 4) is 11.3 Å². The second-order valence-corrected chi connectivity index (χ2v) is 7.17. The number of ketones is 1. The predicted octanol–water partition coefficient (Wildman–Crippen LogP) is 4.63. The average Bonchev–Trinajstić information content (AvgIpc) is 2.45. The Morgan fingerprint density at radius 1 is 1.14 bits per heavy atom. The fourth-order valence-electron chi connectivity index (χ4n) is 3.11. The molecular formula is C18H19NOS. The Kier molecular flexibility index (Phi) is 3.62. The van der Waals surface area contributed by atoms with Gasteiger partial charge in [0.05, 0.1) is 5.69 Å². The van der Waals surface area contributed by atoms with Gasteiger partial charge >= 0.3 is 0 Å². The Morgan fingerprint density at radius 2 is 1.95 bits per heavy atom. The van der Waals surface area contributed by atoms with Crippen molar-refractivity contribution in [3.05, 3.63) is 47.7 Å². The van der Waals surface area contributed by atoms with Crippen LogP contribution in [0.2, 0.25) is 0 Å². The van der Waals surface area contributed by atoms with Gasteiger partial charge in [-0.3, -0.25) is 9.78 Å². The van der Waals surface area contributed by atoms with Crippen molar-refractivity contribution in [2.45, 2.75) is 31.6 Å². The molecule has 0 radical (unpaired) electrons. The largest absolute Gasteiger partial charge is 0.294 e. The number of pyridine rings is 1. The van der Waals surface area contributed by atoms with Gasteiger partial charge in [0.2, 0.25) is 0 Å². The maximum Gasteiger partial charge on any atom is 0.164 e. The van der Waals surface area contributed by atoms with Crippen LogP contribution in [-0.2, 0) is 6.42 Å². The molecule has 3 heteroatoms. The van der Waals surface area contributed by atoms with Crippen LogP contribution in [0.25, 0.3) is 11.3 Å². The zero-order valence-electron chi connectivity index (χ0n) is 12.6. The number of carbonyl (C=O) groups is 1. The van der Waals surface area contributed by atoms with Crippen molar-refractivity contribution in [1.29, 1.82) is 0 Å². The van der Waals surface area contributed by atoms with E-state index in [2.05, 4.69) is 31.0 Å². The predicted molar refractivity (Wildman–Crippen MR) is 87.9 cm³/mol. The number of rotatable bonds is 2. The quantitative estimate of drug-likeness (QED) is 0.757. The molecule has 0 saturated carbocycles. The normalized spacial score (nSPS) is 16.6. The van der Waals surface area contributed by atoms with Crippen LogP contribution in [0.15, 0.2) is 41.4 Å². The maximum absolute atomic E-state index is 12.6. The molecule has 0 saturated heterocycles. The van der Waals surface area contributed by atoms with Gasteiger partial charge in [0.25, 0.3) is 0 Å². The number of hydrogen-bond donors (Lipinski definition) is 0. The van der Waals surface area contributed by atoms with E-state index in [9.17, 15) is 4.79 Å². The minimum Gasteiger partial charge on any atom is -0.294 e. The lowest BCUT2D eigenvalue weighted by Crippen LogP contribution is -2.28. The lowest BCUT2D eigenvalue weighted by molar-refractivity contribution is 0.0909. The van der Waals surface area contributed by atoms with Gasteiger partial charge in [-0.05, 0) is 41.9 Å². The van der Waals surface area contributed by atoms with E-state index >= 15 is 0 Å². The van der Waals surface area contributed by atoms with E-state index in [-0.39, 0.29) is 11.2 Å². The first-order chi connectivity index (χ1) is 10.0. The third-order valence-electron chi connectivity index (χ3n) is 4.01. The number of thioether (sulfide) groups is 1. The van der Waals surface area contributed by atoms with E-state index < -0.39 is 0 Å². The summed E-state index contributed by atoms with van der Waals surface area (Å²) in [5.74, 6) is 0.267. The summed E-state index contributed by atoms with van der Waals surface area (Å²) < 4.78 is 0. The van der Waals surface area contributed by atoms with Gasteiger partial charge < -0.3 is 0 Å². The molecule has 0 spiro atoms. The number of hydrogen-bond acceptors (Lipinski definition) is 3. The fourth-order valence-corrected chi connectivity index (χ4v) is 3.76. The van der Waals surface area contributed by atoms with Crippen molar-refractivity contribution in [2.24, 2.45) is 5.41 Å². The molecule has 0 amide bonds. The maximum atomic E-state index is 12.6. The summed E-state index contributed by atoms with van der Waals surface area (Å²) in [5, 5.41) is 0. The van der Waals surface area contributed by atoms with Crippen LogP contribution in [-0.4, -0.2) is 17.0 Å². The molecule has 1 aromatic carbocycles. The van der Waals surface area contributed by atoms with Crippen LogP contribution in [0.3, 0.4) is 0 Å². The molecule has 1 aliphatic carbocycles. The molecule has 108 valence electrons. The van der Waals surface area contributed by atoms with E-state index in [0.29, 0.717) is 6.42 Å². The Bertz CT molecular complexity index is 692. The molecule has 2 aromatic rings. The monoisotopic (exact) mass is 297 g/mol. The number of Topliss-reactive ketones (excluding diaryl/α,β-unsaturated/α-hetero) is 1. The molecule has 21 heavy (non-hydrogen) atoms. The Balaban J connectivity index is 2.25. The third-order valence-corrected chi connectivity index (χ3v) is 4.79. The standard InChI is InChI=1S/C18H19NOS/c1-18(2)10-13-12(14-6-4-5-9-19-14)7-8-16(21-3)17(13)15(20)11-18/h4-9H,10-11H2,1-3H3. The van der Waals surface area contributed by atoms with E-state index in [4.69, 9.17) is 0 Å². The first kappa shape index (κ1) is 14.3. The molecule has 0 atom stereocenters. The molecule has 0 N–H and O–H groups in total. The van der Waals surface area contributed by atoms with E-state index in [1.165, 1.54) is 5.56 Å². The van der Waals surface area contributed by atoms with Crippen molar-refractivity contribution >= 4 is 17.5 Å². The van der Waals surface area contributed by atoms with Crippen LogP contribution in [0.1, 0.15) is 36.2 Å². The molecule has 1 aromatic heterocycles. The SMILES string of the molecule is CSc1ccc(-c2ccccn2)c2c1C(=O)CC(C)(C)C2.